The topological polar surface area (TPSA) is 74.8 Å². The van der Waals surface area contributed by atoms with Gasteiger partial charge in [-0.25, -0.2) is 0 Å². The van der Waals surface area contributed by atoms with Crippen molar-refractivity contribution in [3.05, 3.63) is 69.2 Å². The van der Waals surface area contributed by atoms with Crippen molar-refractivity contribution in [1.29, 1.82) is 0 Å². The number of benzene rings is 2. The summed E-state index contributed by atoms with van der Waals surface area (Å²) in [5, 5.41) is 2.56. The standard InChI is InChI=1S/C17H17BrClN3O2/c1-11(12-6-8-13(19)9-7-12)20-10-16(23)21-22-17(24)14-4-2-3-5-15(14)18/h2-9,11,20H,10H2,1H3,(H,21,23)(H,22,24)/p+1/t11-/m1/s1. The summed E-state index contributed by atoms with van der Waals surface area (Å²) in [6.07, 6.45) is 0. The number of hydrogen-bond acceptors (Lipinski definition) is 2. The minimum absolute atomic E-state index is 0.104. The van der Waals surface area contributed by atoms with Crippen LogP contribution in [0, 0.1) is 0 Å². The van der Waals surface area contributed by atoms with Crippen LogP contribution in [-0.2, 0) is 4.79 Å². The molecule has 0 heterocycles. The van der Waals surface area contributed by atoms with E-state index in [-0.39, 0.29) is 24.4 Å². The Morgan fingerprint density at radius 3 is 2.46 bits per heavy atom. The van der Waals surface area contributed by atoms with E-state index in [2.05, 4.69) is 26.8 Å². The van der Waals surface area contributed by atoms with Gasteiger partial charge in [-0.15, -0.1) is 0 Å². The smallest absolute Gasteiger partial charge is 0.293 e. The predicted molar refractivity (Wildman–Crippen MR) is 96.4 cm³/mol. The number of amides is 2. The van der Waals surface area contributed by atoms with Gasteiger partial charge in [0.2, 0.25) is 0 Å². The van der Waals surface area contributed by atoms with Crippen LogP contribution in [-0.4, -0.2) is 18.4 Å². The van der Waals surface area contributed by atoms with E-state index in [1.165, 1.54) is 0 Å². The Balaban J connectivity index is 1.78. The van der Waals surface area contributed by atoms with Crippen molar-refractivity contribution < 1.29 is 14.9 Å². The van der Waals surface area contributed by atoms with Gasteiger partial charge in [-0.1, -0.05) is 35.9 Å². The first-order chi connectivity index (χ1) is 11.5. The second-order valence-corrected chi connectivity index (χ2v) is 6.55. The van der Waals surface area contributed by atoms with Crippen LogP contribution >= 0.6 is 27.5 Å². The molecule has 4 N–H and O–H groups in total. The van der Waals surface area contributed by atoms with E-state index in [9.17, 15) is 9.59 Å². The summed E-state index contributed by atoms with van der Waals surface area (Å²) in [6.45, 7) is 2.19. The molecule has 2 rings (SSSR count). The second-order valence-electron chi connectivity index (χ2n) is 5.26. The van der Waals surface area contributed by atoms with Crippen LogP contribution in [0.2, 0.25) is 5.02 Å². The molecule has 0 aliphatic heterocycles. The number of nitrogens with one attached hydrogen (secondary N) is 2. The van der Waals surface area contributed by atoms with Crippen LogP contribution in [0.4, 0.5) is 0 Å². The van der Waals surface area contributed by atoms with Crippen molar-refractivity contribution in [2.24, 2.45) is 0 Å². The van der Waals surface area contributed by atoms with Crippen molar-refractivity contribution in [2.75, 3.05) is 6.54 Å². The first-order valence-corrected chi connectivity index (χ1v) is 8.57. The number of hydrazine groups is 1. The summed E-state index contributed by atoms with van der Waals surface area (Å²) in [5.41, 5.74) is 6.35. The van der Waals surface area contributed by atoms with Crippen molar-refractivity contribution >= 4 is 39.3 Å². The molecule has 0 radical (unpaired) electrons. The zero-order valence-electron chi connectivity index (χ0n) is 13.1. The molecular weight excluding hydrogens is 394 g/mol. The minimum atomic E-state index is -0.374. The maximum absolute atomic E-state index is 12.0. The van der Waals surface area contributed by atoms with E-state index in [1.807, 2.05) is 42.6 Å². The molecule has 0 spiro atoms. The van der Waals surface area contributed by atoms with Gasteiger partial charge in [-0.2, -0.15) is 0 Å². The van der Waals surface area contributed by atoms with E-state index in [4.69, 9.17) is 11.6 Å². The lowest BCUT2D eigenvalue weighted by Crippen LogP contribution is -2.87. The Morgan fingerprint density at radius 1 is 1.12 bits per heavy atom. The van der Waals surface area contributed by atoms with Gasteiger partial charge >= 0.3 is 0 Å². The molecule has 0 aliphatic carbocycles. The molecule has 0 saturated carbocycles. The van der Waals surface area contributed by atoms with Crippen LogP contribution in [0.5, 0.6) is 0 Å². The first kappa shape index (κ1) is 18.4. The molecule has 24 heavy (non-hydrogen) atoms. The summed E-state index contributed by atoms with van der Waals surface area (Å²) < 4.78 is 0.666. The number of rotatable bonds is 5. The fourth-order valence-corrected chi connectivity index (χ4v) is 2.67. The largest absolute Gasteiger partial charge is 0.332 e. The first-order valence-electron chi connectivity index (χ1n) is 7.40. The van der Waals surface area contributed by atoms with Crippen LogP contribution in [0.25, 0.3) is 0 Å². The maximum Gasteiger partial charge on any atom is 0.293 e. The van der Waals surface area contributed by atoms with Crippen LogP contribution in [0.15, 0.2) is 53.0 Å². The van der Waals surface area contributed by atoms with Gasteiger partial charge in [0.25, 0.3) is 11.8 Å². The van der Waals surface area contributed by atoms with Gasteiger partial charge in [0.05, 0.1) is 5.56 Å². The van der Waals surface area contributed by atoms with Crippen LogP contribution in [0.1, 0.15) is 28.9 Å². The van der Waals surface area contributed by atoms with Crippen molar-refractivity contribution in [3.63, 3.8) is 0 Å². The van der Waals surface area contributed by atoms with Gasteiger partial charge < -0.3 is 5.32 Å². The highest BCUT2D eigenvalue weighted by Crippen LogP contribution is 2.15. The average Bonchev–Trinajstić information content (AvgIpc) is 2.58. The van der Waals surface area contributed by atoms with Crippen LogP contribution in [0.3, 0.4) is 0 Å². The molecule has 0 bridgehead atoms. The number of nitrogens with two attached hydrogens (primary N) is 1. The Labute approximate surface area is 153 Å². The van der Waals surface area contributed by atoms with E-state index in [0.29, 0.717) is 15.1 Å². The van der Waals surface area contributed by atoms with Gasteiger partial charge in [-0.3, -0.25) is 20.4 Å². The molecule has 5 nitrogen and oxygen atoms in total. The van der Waals surface area contributed by atoms with Gasteiger partial charge in [-0.05, 0) is 47.1 Å². The number of hydrogen-bond donors (Lipinski definition) is 3. The fourth-order valence-electron chi connectivity index (χ4n) is 2.08. The summed E-state index contributed by atoms with van der Waals surface area (Å²) in [5.74, 6) is -0.655. The lowest BCUT2D eigenvalue weighted by atomic mass is 10.1. The summed E-state index contributed by atoms with van der Waals surface area (Å²) in [6, 6.07) is 14.6. The van der Waals surface area contributed by atoms with Gasteiger partial charge in [0, 0.05) is 15.1 Å². The second kappa shape index (κ2) is 8.82. The monoisotopic (exact) mass is 410 g/mol. The third kappa shape index (κ3) is 5.33. The molecule has 1 atom stereocenters. The molecule has 0 aliphatic rings. The molecule has 2 amide bonds. The molecule has 0 saturated heterocycles. The quantitative estimate of drug-likeness (QED) is 0.660. The molecule has 2 aromatic rings. The molecule has 0 fully saturated rings. The molecule has 7 heteroatoms. The molecule has 126 valence electrons. The van der Waals surface area contributed by atoms with E-state index >= 15 is 0 Å². The third-order valence-electron chi connectivity index (χ3n) is 3.49. The normalized spacial score (nSPS) is 11.6. The Bertz CT molecular complexity index is 722. The summed E-state index contributed by atoms with van der Waals surface area (Å²) in [7, 11) is 0. The number of carbonyl (C=O) groups is 2. The van der Waals surface area contributed by atoms with Gasteiger partial charge in [0.1, 0.15) is 6.04 Å². The SMILES string of the molecule is C[C@@H]([NH2+]CC(=O)NNC(=O)c1ccccc1Br)c1ccc(Cl)cc1. The molecule has 0 unspecified atom stereocenters. The number of quaternary nitrogens is 1. The predicted octanol–water partition coefficient (Wildman–Crippen LogP) is 2.19. The zero-order valence-corrected chi connectivity index (χ0v) is 15.4. The minimum Gasteiger partial charge on any atom is -0.332 e. The highest BCUT2D eigenvalue weighted by Gasteiger charge is 2.13. The van der Waals surface area contributed by atoms with E-state index < -0.39 is 0 Å². The Hall–Kier alpha value is -1.89. The van der Waals surface area contributed by atoms with E-state index in [0.717, 1.165) is 5.56 Å². The fraction of sp³-hybridized carbons (Fsp3) is 0.176. The highest BCUT2D eigenvalue weighted by molar-refractivity contribution is 9.10. The van der Waals surface area contributed by atoms with Gasteiger partial charge in [0.15, 0.2) is 6.54 Å². The molecular formula is C17H18BrClN3O2+. The number of carbonyl (C=O) groups excluding carboxylic acids is 2. The average molecular weight is 412 g/mol. The van der Waals surface area contributed by atoms with Crippen molar-refractivity contribution in [1.82, 2.24) is 10.9 Å². The van der Waals surface area contributed by atoms with E-state index in [1.54, 1.807) is 18.2 Å². The lowest BCUT2D eigenvalue weighted by Gasteiger charge is -2.12. The highest BCUT2D eigenvalue weighted by atomic mass is 79.9. The Morgan fingerprint density at radius 2 is 1.79 bits per heavy atom. The number of halogens is 2. The molecule has 2 aromatic carbocycles. The van der Waals surface area contributed by atoms with Crippen LogP contribution < -0.4 is 16.2 Å². The van der Waals surface area contributed by atoms with Crippen molar-refractivity contribution in [3.8, 4) is 0 Å². The molecule has 0 aromatic heterocycles. The zero-order chi connectivity index (χ0) is 17.5. The maximum atomic E-state index is 12.0. The summed E-state index contributed by atoms with van der Waals surface area (Å²) >= 11 is 9.15. The summed E-state index contributed by atoms with van der Waals surface area (Å²) in [4.78, 5) is 23.8. The third-order valence-corrected chi connectivity index (χ3v) is 4.43. The lowest BCUT2D eigenvalue weighted by molar-refractivity contribution is -0.682. The van der Waals surface area contributed by atoms with Crippen molar-refractivity contribution in [2.45, 2.75) is 13.0 Å². The Kier molecular flexibility index (Phi) is 6.78.